The summed E-state index contributed by atoms with van der Waals surface area (Å²) in [7, 11) is 0. The molecule has 1 amide bonds. The summed E-state index contributed by atoms with van der Waals surface area (Å²) < 4.78 is 5.26. The second-order valence-electron chi connectivity index (χ2n) is 7.63. The van der Waals surface area contributed by atoms with Crippen LogP contribution in [-0.4, -0.2) is 43.1 Å². The Morgan fingerprint density at radius 1 is 1.20 bits per heavy atom. The largest absolute Gasteiger partial charge is 0.480 e. The first-order valence-corrected chi connectivity index (χ1v) is 9.19. The smallest absolute Gasteiger partial charge is 0.327 e. The Morgan fingerprint density at radius 2 is 1.72 bits per heavy atom. The number of aliphatic carboxylic acids is 1. The molecule has 138 valence electrons. The van der Waals surface area contributed by atoms with Gasteiger partial charge in [0.2, 0.25) is 0 Å². The molecule has 0 aliphatic carbocycles. The molecule has 0 aromatic heterocycles. The van der Waals surface area contributed by atoms with Gasteiger partial charge in [0, 0.05) is 9.77 Å². The third kappa shape index (κ3) is 3.90. The number of halogens is 1. The fraction of sp³-hybridized carbons (Fsp3) is 0.556. The zero-order valence-electron chi connectivity index (χ0n) is 15.3. The minimum atomic E-state index is -1.22. The van der Waals surface area contributed by atoms with Gasteiger partial charge < -0.3 is 14.7 Å². The Bertz CT molecular complexity index is 685. The van der Waals surface area contributed by atoms with E-state index < -0.39 is 27.2 Å². The van der Waals surface area contributed by atoms with Crippen molar-refractivity contribution in [2.24, 2.45) is 0 Å². The fourth-order valence-electron chi connectivity index (χ4n) is 3.27. The number of carboxylic acids is 1. The minimum Gasteiger partial charge on any atom is -0.480 e. The van der Waals surface area contributed by atoms with Crippen molar-refractivity contribution in [3.63, 3.8) is 0 Å². The number of carbonyl (C=O) groups excluding carboxylic acids is 1. The van der Waals surface area contributed by atoms with Crippen LogP contribution in [0.2, 0.25) is 5.02 Å². The number of nitrogens with zero attached hydrogens (tertiary/aromatic N) is 1. The quantitative estimate of drug-likeness (QED) is 0.847. The van der Waals surface area contributed by atoms with Crippen LogP contribution in [0.5, 0.6) is 5.75 Å². The highest BCUT2D eigenvalue weighted by Crippen LogP contribution is 2.51. The molecule has 1 N–H and O–H groups in total. The van der Waals surface area contributed by atoms with E-state index in [0.717, 1.165) is 0 Å². The normalized spacial score (nSPS) is 21.9. The van der Waals surface area contributed by atoms with E-state index in [1.807, 2.05) is 27.7 Å². The van der Waals surface area contributed by atoms with Gasteiger partial charge >= 0.3 is 5.97 Å². The molecule has 5 nitrogen and oxygen atoms in total. The van der Waals surface area contributed by atoms with Crippen molar-refractivity contribution in [3.8, 4) is 5.75 Å². The van der Waals surface area contributed by atoms with Gasteiger partial charge in [0.25, 0.3) is 5.91 Å². The average Bonchev–Trinajstić information content (AvgIpc) is 2.64. The molecule has 25 heavy (non-hydrogen) atoms. The zero-order valence-corrected chi connectivity index (χ0v) is 16.9. The van der Waals surface area contributed by atoms with Gasteiger partial charge in [-0.3, -0.25) is 4.79 Å². The number of amides is 1. The lowest BCUT2D eigenvalue weighted by Gasteiger charge is -2.39. The maximum Gasteiger partial charge on any atom is 0.327 e. The molecule has 1 aromatic carbocycles. The van der Waals surface area contributed by atoms with E-state index in [-0.39, 0.29) is 5.91 Å². The van der Waals surface area contributed by atoms with Crippen LogP contribution in [0.1, 0.15) is 41.5 Å². The summed E-state index contributed by atoms with van der Waals surface area (Å²) in [5.74, 6) is -0.879. The summed E-state index contributed by atoms with van der Waals surface area (Å²) in [6.45, 7) is 10.7. The number of benzene rings is 1. The molecule has 2 rings (SSSR count). The lowest BCUT2D eigenvalue weighted by Crippen LogP contribution is -2.59. The van der Waals surface area contributed by atoms with Crippen LogP contribution in [0.25, 0.3) is 0 Å². The predicted octanol–water partition coefficient (Wildman–Crippen LogP) is 4.04. The standard InChI is InChI=1S/C18H24ClNO4S/c1-16(2,24-12-9-7-11(19)8-10-12)15(23)20-13(14(21)22)17(3,4)25-18(20,5)6/h7-10,13H,1-6H3,(H,21,22). The molecule has 1 aromatic rings. The van der Waals surface area contributed by atoms with E-state index in [0.29, 0.717) is 10.8 Å². The maximum atomic E-state index is 13.3. The molecule has 0 radical (unpaired) electrons. The lowest BCUT2D eigenvalue weighted by atomic mass is 9.97. The van der Waals surface area contributed by atoms with Crippen molar-refractivity contribution in [1.29, 1.82) is 0 Å². The third-order valence-electron chi connectivity index (χ3n) is 4.16. The number of rotatable bonds is 4. The number of thioether (sulfide) groups is 1. The second-order valence-corrected chi connectivity index (χ2v) is 10.3. The SMILES string of the molecule is CC(C)(Oc1ccc(Cl)cc1)C(=O)N1C(C(=O)O)C(C)(C)SC1(C)C. The minimum absolute atomic E-state index is 0.363. The van der Waals surface area contributed by atoms with E-state index in [1.165, 1.54) is 16.7 Å². The summed E-state index contributed by atoms with van der Waals surface area (Å²) in [5.41, 5.74) is -1.22. The fourth-order valence-corrected chi connectivity index (χ4v) is 5.29. The van der Waals surface area contributed by atoms with E-state index >= 15 is 0 Å². The van der Waals surface area contributed by atoms with Crippen LogP contribution >= 0.6 is 23.4 Å². The number of carboxylic acid groups (broad SMARTS) is 1. The molecular formula is C18H24ClNO4S. The van der Waals surface area contributed by atoms with Crippen LogP contribution < -0.4 is 4.74 Å². The van der Waals surface area contributed by atoms with Gasteiger partial charge in [-0.1, -0.05) is 11.6 Å². The monoisotopic (exact) mass is 385 g/mol. The highest BCUT2D eigenvalue weighted by molar-refractivity contribution is 8.02. The van der Waals surface area contributed by atoms with Crippen molar-refractivity contribution < 1.29 is 19.4 Å². The first-order chi connectivity index (χ1) is 11.3. The molecule has 1 heterocycles. The molecule has 1 saturated heterocycles. The molecule has 1 aliphatic rings. The summed E-state index contributed by atoms with van der Waals surface area (Å²) in [5, 5.41) is 10.3. The Hall–Kier alpha value is -1.40. The Labute approximate surface area is 157 Å². The van der Waals surface area contributed by atoms with E-state index in [1.54, 1.807) is 38.1 Å². The van der Waals surface area contributed by atoms with E-state index in [2.05, 4.69) is 0 Å². The molecule has 0 saturated carbocycles. The van der Waals surface area contributed by atoms with Crippen LogP contribution in [-0.2, 0) is 9.59 Å². The van der Waals surface area contributed by atoms with E-state index in [9.17, 15) is 14.7 Å². The maximum absolute atomic E-state index is 13.3. The van der Waals surface area contributed by atoms with Crippen molar-refractivity contribution in [2.75, 3.05) is 0 Å². The van der Waals surface area contributed by atoms with Gasteiger partial charge in [0.15, 0.2) is 5.60 Å². The van der Waals surface area contributed by atoms with Gasteiger partial charge in [-0.05, 0) is 65.8 Å². The van der Waals surface area contributed by atoms with Gasteiger partial charge in [0.05, 0.1) is 4.87 Å². The van der Waals surface area contributed by atoms with Crippen LogP contribution in [0.3, 0.4) is 0 Å². The molecule has 1 fully saturated rings. The molecule has 1 unspecified atom stereocenters. The molecule has 1 aliphatic heterocycles. The molecule has 1 atom stereocenters. The number of ether oxygens (including phenoxy) is 1. The van der Waals surface area contributed by atoms with E-state index in [4.69, 9.17) is 16.3 Å². The molecule has 7 heteroatoms. The Balaban J connectivity index is 2.35. The predicted molar refractivity (Wildman–Crippen MR) is 100 cm³/mol. The highest BCUT2D eigenvalue weighted by Gasteiger charge is 2.59. The number of hydrogen-bond acceptors (Lipinski definition) is 4. The zero-order chi connectivity index (χ0) is 19.2. The Morgan fingerprint density at radius 3 is 2.20 bits per heavy atom. The van der Waals surface area contributed by atoms with Crippen molar-refractivity contribution in [2.45, 2.75) is 62.8 Å². The van der Waals surface area contributed by atoms with Crippen LogP contribution in [0.4, 0.5) is 0 Å². The first kappa shape index (κ1) is 19.9. The summed E-state index contributed by atoms with van der Waals surface area (Å²) >= 11 is 7.35. The second kappa shape index (κ2) is 6.40. The lowest BCUT2D eigenvalue weighted by molar-refractivity contribution is -0.160. The van der Waals surface area contributed by atoms with Crippen molar-refractivity contribution >= 4 is 35.2 Å². The van der Waals surface area contributed by atoms with Crippen molar-refractivity contribution in [1.82, 2.24) is 4.90 Å². The van der Waals surface area contributed by atoms with Crippen molar-refractivity contribution in [3.05, 3.63) is 29.3 Å². The van der Waals surface area contributed by atoms with Gasteiger partial charge in [0.1, 0.15) is 11.8 Å². The molecular weight excluding hydrogens is 362 g/mol. The topological polar surface area (TPSA) is 66.8 Å². The van der Waals surface area contributed by atoms with Gasteiger partial charge in [-0.15, -0.1) is 11.8 Å². The first-order valence-electron chi connectivity index (χ1n) is 7.99. The molecule has 0 bridgehead atoms. The van der Waals surface area contributed by atoms with Gasteiger partial charge in [-0.25, -0.2) is 4.79 Å². The summed E-state index contributed by atoms with van der Waals surface area (Å²) in [6.07, 6.45) is 0. The summed E-state index contributed by atoms with van der Waals surface area (Å²) in [6, 6.07) is 5.78. The third-order valence-corrected chi connectivity index (χ3v) is 5.86. The summed E-state index contributed by atoms with van der Waals surface area (Å²) in [4.78, 5) is 25.9. The molecule has 0 spiro atoms. The highest BCUT2D eigenvalue weighted by atomic mass is 35.5. The van der Waals surface area contributed by atoms with Crippen LogP contribution in [0.15, 0.2) is 24.3 Å². The average molecular weight is 386 g/mol. The van der Waals surface area contributed by atoms with Gasteiger partial charge in [-0.2, -0.15) is 0 Å². The number of carbonyl (C=O) groups is 2. The Kier molecular flexibility index (Phi) is 5.10. The number of hydrogen-bond donors (Lipinski definition) is 1. The van der Waals surface area contributed by atoms with Crippen LogP contribution in [0, 0.1) is 0 Å².